The molecule has 0 aliphatic carbocycles. The minimum absolute atomic E-state index is 0. The van der Waals surface area contributed by atoms with Gasteiger partial charge in [-0.2, -0.15) is 0 Å². The molecule has 0 aromatic heterocycles. The number of hydrogen-bond acceptors (Lipinski definition) is 4. The number of ether oxygens (including phenoxy) is 1. The van der Waals surface area contributed by atoms with Crippen LogP contribution < -0.4 is 10.6 Å². The molecule has 1 rings (SSSR count). The highest BCUT2D eigenvalue weighted by molar-refractivity contribution is 5.85. The fourth-order valence-electron chi connectivity index (χ4n) is 2.35. The SMILES string of the molecule is COC(=O)CCNC(=O)CC(C)C1CCNCC1.Cl. The minimum Gasteiger partial charge on any atom is -0.469 e. The van der Waals surface area contributed by atoms with Gasteiger partial charge in [0.05, 0.1) is 13.5 Å². The first-order chi connectivity index (χ1) is 8.63. The maximum absolute atomic E-state index is 11.7. The summed E-state index contributed by atoms with van der Waals surface area (Å²) in [5.41, 5.74) is 0. The zero-order chi connectivity index (χ0) is 13.4. The first-order valence-corrected chi connectivity index (χ1v) is 6.67. The number of methoxy groups -OCH3 is 1. The van der Waals surface area contributed by atoms with Gasteiger partial charge in [0.2, 0.25) is 5.91 Å². The van der Waals surface area contributed by atoms with Crippen LogP contribution in [0.25, 0.3) is 0 Å². The van der Waals surface area contributed by atoms with Crippen LogP contribution in [0.5, 0.6) is 0 Å². The Labute approximate surface area is 121 Å². The van der Waals surface area contributed by atoms with E-state index in [4.69, 9.17) is 0 Å². The van der Waals surface area contributed by atoms with Gasteiger partial charge in [-0.1, -0.05) is 6.92 Å². The highest BCUT2D eigenvalue weighted by atomic mass is 35.5. The number of piperidine rings is 1. The molecule has 1 fully saturated rings. The van der Waals surface area contributed by atoms with Gasteiger partial charge >= 0.3 is 5.97 Å². The summed E-state index contributed by atoms with van der Waals surface area (Å²) in [6.07, 6.45) is 3.09. The minimum atomic E-state index is -0.290. The van der Waals surface area contributed by atoms with E-state index in [2.05, 4.69) is 22.3 Å². The molecule has 0 saturated carbocycles. The standard InChI is InChI=1S/C13H24N2O3.ClH/c1-10(11-3-6-14-7-4-11)9-12(16)15-8-5-13(17)18-2;/h10-11,14H,3-9H2,1-2H3,(H,15,16);1H. The van der Waals surface area contributed by atoms with Gasteiger partial charge in [-0.15, -0.1) is 12.4 Å². The highest BCUT2D eigenvalue weighted by Gasteiger charge is 2.21. The molecule has 1 aliphatic rings. The van der Waals surface area contributed by atoms with Gasteiger partial charge < -0.3 is 15.4 Å². The molecule has 1 amide bonds. The van der Waals surface area contributed by atoms with Gasteiger partial charge in [0.1, 0.15) is 0 Å². The zero-order valence-electron chi connectivity index (χ0n) is 11.7. The van der Waals surface area contributed by atoms with Crippen molar-refractivity contribution in [2.24, 2.45) is 11.8 Å². The molecule has 0 aromatic rings. The molecule has 1 saturated heterocycles. The van der Waals surface area contributed by atoms with Crippen LogP contribution in [-0.4, -0.2) is 38.6 Å². The van der Waals surface area contributed by atoms with Crippen molar-refractivity contribution in [2.45, 2.75) is 32.6 Å². The van der Waals surface area contributed by atoms with E-state index in [1.54, 1.807) is 0 Å². The molecular formula is C13H25ClN2O3. The summed E-state index contributed by atoms with van der Waals surface area (Å²) in [6.45, 7) is 4.61. The lowest BCUT2D eigenvalue weighted by Crippen LogP contribution is -2.34. The lowest BCUT2D eigenvalue weighted by atomic mass is 9.84. The number of amides is 1. The van der Waals surface area contributed by atoms with E-state index < -0.39 is 0 Å². The number of carbonyl (C=O) groups is 2. The summed E-state index contributed by atoms with van der Waals surface area (Å²) in [5, 5.41) is 6.09. The average molecular weight is 293 g/mol. The van der Waals surface area contributed by atoms with Crippen LogP contribution in [0, 0.1) is 11.8 Å². The van der Waals surface area contributed by atoms with E-state index in [1.807, 2.05) is 0 Å². The third kappa shape index (κ3) is 7.38. The van der Waals surface area contributed by atoms with Crippen molar-refractivity contribution in [1.29, 1.82) is 0 Å². The first-order valence-electron chi connectivity index (χ1n) is 6.67. The molecule has 0 bridgehead atoms. The number of nitrogens with one attached hydrogen (secondary N) is 2. The summed E-state index contributed by atoms with van der Waals surface area (Å²) < 4.78 is 4.51. The Morgan fingerprint density at radius 2 is 2.00 bits per heavy atom. The van der Waals surface area contributed by atoms with E-state index >= 15 is 0 Å². The van der Waals surface area contributed by atoms with Crippen LogP contribution in [0.1, 0.15) is 32.6 Å². The number of carbonyl (C=O) groups excluding carboxylic acids is 2. The number of halogens is 1. The molecule has 2 N–H and O–H groups in total. The van der Waals surface area contributed by atoms with E-state index in [-0.39, 0.29) is 30.7 Å². The molecule has 112 valence electrons. The Hall–Kier alpha value is -0.810. The van der Waals surface area contributed by atoms with Gasteiger partial charge in [0.15, 0.2) is 0 Å². The lowest BCUT2D eigenvalue weighted by Gasteiger charge is -2.27. The van der Waals surface area contributed by atoms with Crippen LogP contribution in [0.4, 0.5) is 0 Å². The van der Waals surface area contributed by atoms with E-state index in [0.29, 0.717) is 24.8 Å². The predicted octanol–water partition coefficient (Wildman–Crippen LogP) is 1.11. The Balaban J connectivity index is 0.00000324. The van der Waals surface area contributed by atoms with Crippen molar-refractivity contribution in [3.63, 3.8) is 0 Å². The Morgan fingerprint density at radius 1 is 1.37 bits per heavy atom. The van der Waals surface area contributed by atoms with Crippen LogP contribution >= 0.6 is 12.4 Å². The molecule has 19 heavy (non-hydrogen) atoms. The van der Waals surface area contributed by atoms with Crippen LogP contribution in [0.15, 0.2) is 0 Å². The van der Waals surface area contributed by atoms with E-state index in [1.165, 1.54) is 7.11 Å². The van der Waals surface area contributed by atoms with Gasteiger partial charge in [-0.25, -0.2) is 0 Å². The monoisotopic (exact) mass is 292 g/mol. The zero-order valence-corrected chi connectivity index (χ0v) is 12.6. The highest BCUT2D eigenvalue weighted by Crippen LogP contribution is 2.23. The molecule has 1 aliphatic heterocycles. The average Bonchev–Trinajstić information content (AvgIpc) is 2.39. The van der Waals surface area contributed by atoms with Crippen molar-refractivity contribution in [1.82, 2.24) is 10.6 Å². The molecule has 0 aromatic carbocycles. The summed E-state index contributed by atoms with van der Waals surface area (Å²) in [7, 11) is 1.35. The van der Waals surface area contributed by atoms with Crippen LogP contribution in [0.3, 0.4) is 0 Å². The van der Waals surface area contributed by atoms with Crippen LogP contribution in [0.2, 0.25) is 0 Å². The Bertz CT molecular complexity index is 281. The molecule has 1 unspecified atom stereocenters. The third-order valence-corrected chi connectivity index (χ3v) is 3.57. The van der Waals surface area contributed by atoms with Crippen molar-refractivity contribution in [3.05, 3.63) is 0 Å². The molecule has 6 heteroatoms. The smallest absolute Gasteiger partial charge is 0.307 e. The summed E-state index contributed by atoms with van der Waals surface area (Å²) in [6, 6.07) is 0. The maximum Gasteiger partial charge on any atom is 0.307 e. The number of esters is 1. The Morgan fingerprint density at radius 3 is 2.58 bits per heavy atom. The topological polar surface area (TPSA) is 67.4 Å². The Kier molecular flexibility index (Phi) is 9.61. The first kappa shape index (κ1) is 18.2. The number of hydrogen-bond donors (Lipinski definition) is 2. The third-order valence-electron chi connectivity index (χ3n) is 3.57. The second-order valence-electron chi connectivity index (χ2n) is 4.94. The quantitative estimate of drug-likeness (QED) is 0.720. The summed E-state index contributed by atoms with van der Waals surface area (Å²) >= 11 is 0. The largest absolute Gasteiger partial charge is 0.469 e. The summed E-state index contributed by atoms with van der Waals surface area (Å²) in [5.74, 6) is 0.787. The second-order valence-corrected chi connectivity index (χ2v) is 4.94. The van der Waals surface area contributed by atoms with E-state index in [9.17, 15) is 9.59 Å². The summed E-state index contributed by atoms with van der Waals surface area (Å²) in [4.78, 5) is 22.6. The van der Waals surface area contributed by atoms with E-state index in [0.717, 1.165) is 25.9 Å². The molecule has 1 heterocycles. The van der Waals surface area contributed by atoms with Crippen molar-refractivity contribution in [2.75, 3.05) is 26.7 Å². The van der Waals surface area contributed by atoms with Crippen molar-refractivity contribution >= 4 is 24.3 Å². The van der Waals surface area contributed by atoms with Crippen molar-refractivity contribution in [3.8, 4) is 0 Å². The predicted molar refractivity (Wildman–Crippen MR) is 76.3 cm³/mol. The normalized spacial score (nSPS) is 17.2. The molecular weight excluding hydrogens is 268 g/mol. The van der Waals surface area contributed by atoms with Gasteiger partial charge in [-0.3, -0.25) is 9.59 Å². The lowest BCUT2D eigenvalue weighted by molar-refractivity contribution is -0.140. The molecule has 1 atom stereocenters. The van der Waals surface area contributed by atoms with Crippen molar-refractivity contribution < 1.29 is 14.3 Å². The van der Waals surface area contributed by atoms with Gasteiger partial charge in [0.25, 0.3) is 0 Å². The molecule has 0 spiro atoms. The molecule has 0 radical (unpaired) electrons. The number of rotatable bonds is 6. The molecule has 5 nitrogen and oxygen atoms in total. The fraction of sp³-hybridized carbons (Fsp3) is 0.846. The maximum atomic E-state index is 11.7. The second kappa shape index (κ2) is 10.0. The van der Waals surface area contributed by atoms with Crippen LogP contribution in [-0.2, 0) is 14.3 Å². The van der Waals surface area contributed by atoms with Gasteiger partial charge in [-0.05, 0) is 37.8 Å². The fourth-order valence-corrected chi connectivity index (χ4v) is 2.35. The van der Waals surface area contributed by atoms with Gasteiger partial charge in [0, 0.05) is 13.0 Å².